The quantitative estimate of drug-likeness (QED) is 0.0366. The molecule has 2 aliphatic heterocycles. The Labute approximate surface area is 398 Å². The summed E-state index contributed by atoms with van der Waals surface area (Å²) in [5, 5.41) is 10.1. The number of nitrogens with zero attached hydrogens (tertiary/aromatic N) is 4. The molecular weight excluding hydrogens is 947 g/mol. The molecule has 0 aromatic heterocycles. The van der Waals surface area contributed by atoms with Gasteiger partial charge in [-0.05, 0) is 63.1 Å². The van der Waals surface area contributed by atoms with E-state index in [2.05, 4.69) is 31.3 Å². The van der Waals surface area contributed by atoms with Crippen LogP contribution in [0, 0.1) is 25.1 Å². The number of fused-ring (bicyclic) bond motifs is 1. The number of carbonyl (C=O) groups excluding carboxylic acids is 5. The summed E-state index contributed by atoms with van der Waals surface area (Å²) in [6.45, 7) is 14.0. The van der Waals surface area contributed by atoms with E-state index in [0.29, 0.717) is 43.7 Å². The zero-order valence-electron chi connectivity index (χ0n) is 36.8. The van der Waals surface area contributed by atoms with Crippen molar-refractivity contribution in [3.63, 3.8) is 0 Å². The molecule has 0 bridgehead atoms. The number of rotatable bonds is 17. The van der Waals surface area contributed by atoms with E-state index in [0.717, 1.165) is 47.0 Å². The maximum Gasteiger partial charge on any atom is 0.339 e. The number of aliphatic carboxylic acids is 1. The van der Waals surface area contributed by atoms with Crippen molar-refractivity contribution >= 4 is 95.0 Å². The van der Waals surface area contributed by atoms with Crippen molar-refractivity contribution in [3.05, 3.63) is 83.7 Å². The Kier molecular flexibility index (Phi) is 24.3. The maximum atomic E-state index is 14.7. The molecule has 0 saturated carbocycles. The van der Waals surface area contributed by atoms with E-state index in [9.17, 15) is 37.7 Å². The Morgan fingerprint density at radius 2 is 1.67 bits per heavy atom. The van der Waals surface area contributed by atoms with Crippen molar-refractivity contribution in [3.8, 4) is 18.1 Å². The average molecular weight is 1000 g/mol. The van der Waals surface area contributed by atoms with Crippen LogP contribution < -0.4 is 24.8 Å². The second-order valence-electron chi connectivity index (χ2n) is 14.1. The number of benzene rings is 2. The molecule has 22 heteroatoms. The molecule has 0 unspecified atom stereocenters. The van der Waals surface area contributed by atoms with Gasteiger partial charge in [0.05, 0.1) is 36.4 Å². The lowest BCUT2D eigenvalue weighted by Gasteiger charge is -2.29. The molecule has 1 aliphatic carbocycles. The third kappa shape index (κ3) is 16.7. The summed E-state index contributed by atoms with van der Waals surface area (Å²) in [7, 11) is -4.10. The van der Waals surface area contributed by atoms with Gasteiger partial charge in [0.25, 0.3) is 23.6 Å². The molecule has 0 radical (unpaired) electrons. The Morgan fingerprint density at radius 1 is 1.06 bits per heavy atom. The van der Waals surface area contributed by atoms with Crippen molar-refractivity contribution in [2.75, 3.05) is 73.0 Å². The molecule has 360 valence electrons. The molecule has 66 heavy (non-hydrogen) atoms. The number of nitrogens with one attached hydrogen (secondary N) is 1. The molecule has 0 saturated heterocycles. The Morgan fingerprint density at radius 3 is 2.15 bits per heavy atom. The highest BCUT2D eigenvalue weighted by Crippen LogP contribution is 2.42. The van der Waals surface area contributed by atoms with Gasteiger partial charge in [-0.2, -0.15) is 0 Å². The Bertz CT molecular complexity index is 2190. The molecule has 0 spiro atoms. The van der Waals surface area contributed by atoms with Crippen molar-refractivity contribution in [2.24, 2.45) is 0 Å². The van der Waals surface area contributed by atoms with Gasteiger partial charge in [0.15, 0.2) is 17.3 Å². The number of terminal acetylenes is 1. The number of hydrogen-bond donors (Lipinski definition) is 4. The summed E-state index contributed by atoms with van der Waals surface area (Å²) in [6, 6.07) is 8.39. The van der Waals surface area contributed by atoms with Gasteiger partial charge in [0, 0.05) is 36.9 Å². The number of aryl methyl sites for hydroxylation is 2. The van der Waals surface area contributed by atoms with Gasteiger partial charge >= 0.3 is 13.6 Å². The van der Waals surface area contributed by atoms with Gasteiger partial charge in [-0.3, -0.25) is 48.4 Å². The number of carbonyl (C=O) groups is 6. The number of carboxylic acid groups (broad SMARTS) is 1. The number of amides is 5. The maximum absolute atomic E-state index is 14.7. The lowest BCUT2D eigenvalue weighted by atomic mass is 9.93. The lowest BCUT2D eigenvalue weighted by Crippen LogP contribution is -2.39. The predicted molar refractivity (Wildman–Crippen MR) is 251 cm³/mol. The first kappa shape index (κ1) is 57.0. The highest BCUT2D eigenvalue weighted by atomic mass is 35.5. The highest BCUT2D eigenvalue weighted by molar-refractivity contribution is 7.51. The monoisotopic (exact) mass is 999 g/mol. The number of carboxylic acids is 1. The zero-order chi connectivity index (χ0) is 49.7. The van der Waals surface area contributed by atoms with Crippen LogP contribution in [0.2, 0.25) is 0 Å². The standard InChI is InChI=1S/C19H15FN2O4.C14H20ClNO2.C8H11Cl2NO.C3H8NO5P/c1-2-7-21-15-9-14(13(20)8-16(15)26-10-17(21)23)22-18(24)11-5-3-4-6-12(11)19(22)25;1-4-12-8-6-7-11(3)14(12)16(10-18-5-2)13(17)9-15;1-3-5-11(6-4-2)8(12)7(9)10;5-3(6)1-4-2-10(7,8)9/h1,8-9H,3-7,10H2;6-8H,4-5,9-10H2,1-3H3;3-4,7H,1-2,5-6H2;4H,1-2H2,(H,5,6)(H2,7,8,9). The van der Waals surface area contributed by atoms with E-state index in [1.807, 2.05) is 32.0 Å². The minimum absolute atomic E-state index is 0.0170. The van der Waals surface area contributed by atoms with Gasteiger partial charge in [-0.25, -0.2) is 9.29 Å². The van der Waals surface area contributed by atoms with Crippen LogP contribution >= 0.6 is 42.4 Å². The third-order valence-electron chi connectivity index (χ3n) is 9.46. The van der Waals surface area contributed by atoms with Crippen LogP contribution in [-0.4, -0.2) is 118 Å². The number of imide groups is 1. The van der Waals surface area contributed by atoms with Crippen LogP contribution in [0.4, 0.5) is 21.5 Å². The Hall–Kier alpha value is -5.09. The van der Waals surface area contributed by atoms with Crippen LogP contribution in [0.5, 0.6) is 5.75 Å². The SMILES string of the molecule is C#CCN1C(=O)COc2cc(F)c(N3C(=O)C4=C(CCCC4)C3=O)cc21.C=CCN(CC=C)C(=O)C(Cl)Cl.CCOCN(C(=O)CCl)c1c(C)cccc1CC.O=C(O)CNCP(=O)(O)O. The predicted octanol–water partition coefficient (Wildman–Crippen LogP) is 5.84. The molecule has 3 aliphatic rings. The molecule has 17 nitrogen and oxygen atoms in total. The van der Waals surface area contributed by atoms with Crippen LogP contribution in [-0.2, 0) is 44.5 Å². The largest absolute Gasteiger partial charge is 0.481 e. The summed E-state index contributed by atoms with van der Waals surface area (Å²) >= 11 is 16.5. The molecule has 4 N–H and O–H groups in total. The van der Waals surface area contributed by atoms with Crippen molar-refractivity contribution in [1.82, 2.24) is 10.2 Å². The summed E-state index contributed by atoms with van der Waals surface area (Å²) in [5.74, 6) is -1.23. The van der Waals surface area contributed by atoms with Crippen molar-refractivity contribution in [1.29, 1.82) is 0 Å². The molecule has 5 amide bonds. The number of alkyl halides is 3. The second kappa shape index (κ2) is 28.2. The number of hydrogen-bond acceptors (Lipinski definition) is 10. The van der Waals surface area contributed by atoms with Crippen LogP contribution in [0.15, 0.2) is 66.8 Å². The molecule has 2 aromatic rings. The minimum Gasteiger partial charge on any atom is -0.481 e. The van der Waals surface area contributed by atoms with Gasteiger partial charge < -0.3 is 29.3 Å². The molecular formula is C44H54Cl3FN5O12P. The normalized spacial score (nSPS) is 13.9. The van der Waals surface area contributed by atoms with Crippen LogP contribution in [0.25, 0.3) is 0 Å². The van der Waals surface area contributed by atoms with E-state index in [4.69, 9.17) is 65.6 Å². The summed E-state index contributed by atoms with van der Waals surface area (Å²) in [5.41, 5.74) is 4.12. The van der Waals surface area contributed by atoms with Crippen LogP contribution in [0.3, 0.4) is 0 Å². The first-order chi connectivity index (χ1) is 31.2. The fourth-order valence-corrected chi connectivity index (χ4v) is 7.35. The van der Waals surface area contributed by atoms with Gasteiger partial charge in [-0.15, -0.1) is 31.2 Å². The van der Waals surface area contributed by atoms with Crippen molar-refractivity contribution in [2.45, 2.75) is 57.7 Å². The third-order valence-corrected chi connectivity index (χ3v) is 10.7. The first-order valence-electron chi connectivity index (χ1n) is 20.3. The van der Waals surface area contributed by atoms with E-state index in [1.165, 1.54) is 15.9 Å². The molecule has 5 rings (SSSR count). The molecule has 2 aromatic carbocycles. The average Bonchev–Trinajstić information content (AvgIpc) is 3.52. The first-order valence-corrected chi connectivity index (χ1v) is 23.5. The van der Waals surface area contributed by atoms with E-state index in [1.54, 1.807) is 17.1 Å². The van der Waals surface area contributed by atoms with E-state index >= 15 is 0 Å². The highest BCUT2D eigenvalue weighted by Gasteiger charge is 2.42. The molecule has 0 atom stereocenters. The van der Waals surface area contributed by atoms with E-state index < -0.39 is 48.9 Å². The molecule has 0 fully saturated rings. The summed E-state index contributed by atoms with van der Waals surface area (Å²) in [4.78, 5) is 90.9. The second-order valence-corrected chi connectivity index (χ2v) is 17.1. The van der Waals surface area contributed by atoms with Crippen LogP contribution in [0.1, 0.15) is 50.7 Å². The number of ether oxygens (including phenoxy) is 2. The summed E-state index contributed by atoms with van der Waals surface area (Å²) in [6.07, 6.45) is 11.5. The molecule has 2 heterocycles. The Balaban J connectivity index is 0.000000327. The number of para-hydroxylation sites is 1. The van der Waals surface area contributed by atoms with Crippen molar-refractivity contribution < 1.29 is 62.1 Å². The number of halogens is 4. The lowest BCUT2D eigenvalue weighted by molar-refractivity contribution is -0.136. The van der Waals surface area contributed by atoms with Gasteiger partial charge in [0.2, 0.25) is 5.91 Å². The van der Waals surface area contributed by atoms with Gasteiger partial charge in [0.1, 0.15) is 18.4 Å². The topological polar surface area (TPSA) is 224 Å². The smallest absolute Gasteiger partial charge is 0.339 e. The zero-order valence-corrected chi connectivity index (χ0v) is 39.9. The van der Waals surface area contributed by atoms with Gasteiger partial charge in [-0.1, -0.05) is 66.4 Å². The number of anilines is 3. The minimum atomic E-state index is -4.10. The van der Waals surface area contributed by atoms with E-state index in [-0.39, 0.29) is 60.6 Å². The fourth-order valence-electron chi connectivity index (χ4n) is 6.52. The summed E-state index contributed by atoms with van der Waals surface area (Å²) < 4.78 is 35.4. The fraction of sp³-hybridized carbons (Fsp3) is 0.409.